The second-order valence-electron chi connectivity index (χ2n) is 13.5. The lowest BCUT2D eigenvalue weighted by Crippen LogP contribution is -2.13. The van der Waals surface area contributed by atoms with Gasteiger partial charge in [0, 0.05) is 75.1 Å². The first-order chi connectivity index (χ1) is 27.4. The second kappa shape index (κ2) is 13.3. The third-order valence-electron chi connectivity index (χ3n) is 10.3. The zero-order valence-corrected chi connectivity index (χ0v) is 29.4. The van der Waals surface area contributed by atoms with Gasteiger partial charge in [0.25, 0.3) is 0 Å². The van der Waals surface area contributed by atoms with Gasteiger partial charge >= 0.3 is 0 Å². The fourth-order valence-corrected chi connectivity index (χ4v) is 7.66. The number of hydrogen-bond donors (Lipinski definition) is 2. The first-order valence-electron chi connectivity index (χ1n) is 17.9. The first-order valence-corrected chi connectivity index (χ1v) is 17.9. The minimum absolute atomic E-state index is 0.179. The van der Waals surface area contributed by atoms with Crippen LogP contribution in [0.3, 0.4) is 0 Å². The average molecular weight is 738 g/mol. The number of aliphatic hydroxyl groups excluding tert-OH is 2. The lowest BCUT2D eigenvalue weighted by atomic mass is 9.93. The highest BCUT2D eigenvalue weighted by molar-refractivity contribution is 6.14. The van der Waals surface area contributed by atoms with Crippen molar-refractivity contribution in [1.82, 2.24) is 34.5 Å². The van der Waals surface area contributed by atoms with Gasteiger partial charge in [-0.15, -0.1) is 0 Å². The van der Waals surface area contributed by atoms with Gasteiger partial charge < -0.3 is 10.2 Å². The lowest BCUT2D eigenvalue weighted by molar-refractivity contribution is 0.0133. The fraction of sp³-hybridized carbons (Fsp3) is 0.0444. The number of benzene rings is 5. The number of pyridine rings is 3. The zero-order valence-electron chi connectivity index (χ0n) is 29.4. The molecule has 0 saturated heterocycles. The number of aromatic nitrogens is 7. The third kappa shape index (κ3) is 5.40. The Labute approximate surface area is 317 Å². The Morgan fingerprint density at radius 1 is 0.446 bits per heavy atom. The molecule has 0 fully saturated rings. The Hall–Kier alpha value is -7.21. The normalized spacial score (nSPS) is 12.9. The van der Waals surface area contributed by atoms with Crippen LogP contribution in [0.5, 0.6) is 0 Å². The standard InChI is InChI=1S/C45H29F2N7O2/c46-28-8-12-30(13-9-28)53-42-32-16-19-49-24-38(32)34(26-5-2-1-3-6-26)21-36(42)40(51-53)44(55)45(56)41-37-22-35(27-7-4-18-48-23-27)39-25-50-20-17-33(39)43(37)54(52-41)31-14-10-29(47)11-15-31/h1-25,44-45,55-56H. The predicted octanol–water partition coefficient (Wildman–Crippen LogP) is 9.23. The van der Waals surface area contributed by atoms with E-state index < -0.39 is 23.8 Å². The van der Waals surface area contributed by atoms with Crippen LogP contribution in [0.4, 0.5) is 8.78 Å². The van der Waals surface area contributed by atoms with Crippen molar-refractivity contribution in [3.05, 3.63) is 175 Å². The first kappa shape index (κ1) is 33.4. The van der Waals surface area contributed by atoms with Crippen molar-refractivity contribution < 1.29 is 19.0 Å². The number of rotatable bonds is 7. The SMILES string of the molecule is OC(c1nn(-c2ccc(F)cc2)c2c1cc(-c1ccccc1)c1cnccc12)C(O)c1nn(-c2ccc(F)cc2)c2c1cc(-c1cccnc1)c1cnccc12. The van der Waals surface area contributed by atoms with Gasteiger partial charge in [-0.3, -0.25) is 15.0 Å². The number of aliphatic hydroxyl groups is 2. The molecular weight excluding hydrogens is 709 g/mol. The molecule has 5 aromatic carbocycles. The molecule has 2 unspecified atom stereocenters. The molecule has 0 aliphatic rings. The van der Waals surface area contributed by atoms with Gasteiger partial charge in [0.2, 0.25) is 0 Å². The molecule has 11 heteroatoms. The van der Waals surface area contributed by atoms with Crippen molar-refractivity contribution in [2.24, 2.45) is 0 Å². The van der Waals surface area contributed by atoms with Gasteiger partial charge in [0.1, 0.15) is 35.2 Å². The van der Waals surface area contributed by atoms with E-state index in [1.807, 2.05) is 66.7 Å². The summed E-state index contributed by atoms with van der Waals surface area (Å²) in [5.41, 5.74) is 6.16. The summed E-state index contributed by atoms with van der Waals surface area (Å²) in [4.78, 5) is 13.2. The van der Waals surface area contributed by atoms with Crippen molar-refractivity contribution in [2.45, 2.75) is 12.2 Å². The van der Waals surface area contributed by atoms with Crippen LogP contribution in [-0.4, -0.2) is 44.7 Å². The van der Waals surface area contributed by atoms with Crippen LogP contribution in [0.15, 0.2) is 152 Å². The van der Waals surface area contributed by atoms with Crippen molar-refractivity contribution in [3.8, 4) is 33.6 Å². The summed E-state index contributed by atoms with van der Waals surface area (Å²) >= 11 is 0. The Morgan fingerprint density at radius 2 is 0.911 bits per heavy atom. The van der Waals surface area contributed by atoms with E-state index in [1.54, 1.807) is 70.8 Å². The monoisotopic (exact) mass is 737 g/mol. The van der Waals surface area contributed by atoms with E-state index in [0.717, 1.165) is 43.8 Å². The van der Waals surface area contributed by atoms with Crippen LogP contribution in [0.1, 0.15) is 23.6 Å². The molecule has 5 aromatic heterocycles. The number of fused-ring (bicyclic) bond motifs is 6. The van der Waals surface area contributed by atoms with E-state index >= 15 is 0 Å². The van der Waals surface area contributed by atoms with Crippen LogP contribution in [0, 0.1) is 11.6 Å². The summed E-state index contributed by atoms with van der Waals surface area (Å²) in [6.07, 6.45) is 7.17. The van der Waals surface area contributed by atoms with Crippen LogP contribution < -0.4 is 0 Å². The molecule has 0 bridgehead atoms. The van der Waals surface area contributed by atoms with Gasteiger partial charge in [0.05, 0.1) is 22.4 Å². The summed E-state index contributed by atoms with van der Waals surface area (Å²) in [7, 11) is 0. The van der Waals surface area contributed by atoms with E-state index in [4.69, 9.17) is 10.2 Å². The highest BCUT2D eigenvalue weighted by Crippen LogP contribution is 2.44. The molecule has 10 rings (SSSR count). The molecule has 0 amide bonds. The summed E-state index contributed by atoms with van der Waals surface area (Å²) in [6, 6.07) is 33.1. The number of halogens is 2. The maximum absolute atomic E-state index is 14.2. The van der Waals surface area contributed by atoms with Crippen molar-refractivity contribution >= 4 is 43.4 Å². The largest absolute Gasteiger partial charge is 0.384 e. The summed E-state index contributed by atoms with van der Waals surface area (Å²) in [5, 5.41) is 39.2. The minimum Gasteiger partial charge on any atom is -0.384 e. The summed E-state index contributed by atoms with van der Waals surface area (Å²) < 4.78 is 31.7. The number of hydrogen-bond acceptors (Lipinski definition) is 7. The molecule has 5 heterocycles. The molecule has 2 atom stereocenters. The van der Waals surface area contributed by atoms with E-state index in [9.17, 15) is 19.0 Å². The van der Waals surface area contributed by atoms with E-state index in [1.165, 1.54) is 24.3 Å². The predicted molar refractivity (Wildman–Crippen MR) is 211 cm³/mol. The molecule has 0 saturated carbocycles. The smallest absolute Gasteiger partial charge is 0.130 e. The van der Waals surface area contributed by atoms with E-state index in [2.05, 4.69) is 15.0 Å². The van der Waals surface area contributed by atoms with Gasteiger partial charge in [0.15, 0.2) is 0 Å². The molecule has 56 heavy (non-hydrogen) atoms. The highest BCUT2D eigenvalue weighted by Gasteiger charge is 2.32. The Balaban J connectivity index is 1.24. The number of nitrogens with zero attached hydrogens (tertiary/aromatic N) is 7. The highest BCUT2D eigenvalue weighted by atomic mass is 19.1. The van der Waals surface area contributed by atoms with Gasteiger partial charge in [-0.05, 0) is 95.6 Å². The molecule has 2 N–H and O–H groups in total. The molecule has 0 aliphatic heterocycles. The zero-order chi connectivity index (χ0) is 37.9. The molecule has 270 valence electrons. The maximum Gasteiger partial charge on any atom is 0.130 e. The fourth-order valence-electron chi connectivity index (χ4n) is 7.66. The van der Waals surface area contributed by atoms with Crippen molar-refractivity contribution in [1.29, 1.82) is 0 Å². The molecule has 0 spiro atoms. The van der Waals surface area contributed by atoms with Crippen molar-refractivity contribution in [2.75, 3.05) is 0 Å². The lowest BCUT2D eigenvalue weighted by Gasteiger charge is -2.16. The van der Waals surface area contributed by atoms with Gasteiger partial charge in [-0.25, -0.2) is 18.1 Å². The van der Waals surface area contributed by atoms with Crippen LogP contribution in [0.2, 0.25) is 0 Å². The van der Waals surface area contributed by atoms with E-state index in [0.29, 0.717) is 33.2 Å². The van der Waals surface area contributed by atoms with Crippen LogP contribution in [-0.2, 0) is 0 Å². The quantitative estimate of drug-likeness (QED) is 0.168. The Kier molecular flexibility index (Phi) is 7.91. The Bertz CT molecular complexity index is 2870. The van der Waals surface area contributed by atoms with Gasteiger partial charge in [-0.1, -0.05) is 36.4 Å². The molecule has 10 aromatic rings. The second-order valence-corrected chi connectivity index (χ2v) is 13.5. The van der Waals surface area contributed by atoms with Crippen molar-refractivity contribution in [3.63, 3.8) is 0 Å². The van der Waals surface area contributed by atoms with Gasteiger partial charge in [-0.2, -0.15) is 10.2 Å². The van der Waals surface area contributed by atoms with E-state index in [-0.39, 0.29) is 11.4 Å². The third-order valence-corrected chi connectivity index (χ3v) is 10.3. The summed E-state index contributed by atoms with van der Waals surface area (Å²) in [6.45, 7) is 0. The average Bonchev–Trinajstić information content (AvgIpc) is 3.83. The minimum atomic E-state index is -1.60. The summed E-state index contributed by atoms with van der Waals surface area (Å²) in [5.74, 6) is -0.811. The molecule has 9 nitrogen and oxygen atoms in total. The maximum atomic E-state index is 14.2. The van der Waals surface area contributed by atoms with Crippen LogP contribution in [0.25, 0.3) is 77.0 Å². The molecule has 0 radical (unpaired) electrons. The molecule has 0 aliphatic carbocycles. The Morgan fingerprint density at radius 3 is 1.39 bits per heavy atom. The van der Waals surface area contributed by atoms with Crippen LogP contribution >= 0.6 is 0 Å². The molecular formula is C45H29F2N7O2. The topological polar surface area (TPSA) is 115 Å².